The lowest BCUT2D eigenvalue weighted by Crippen LogP contribution is -2.02. The first-order valence-corrected chi connectivity index (χ1v) is 11.0. The lowest BCUT2D eigenvalue weighted by atomic mass is 10.00. The second-order valence-corrected chi connectivity index (χ2v) is 8.79. The summed E-state index contributed by atoms with van der Waals surface area (Å²) in [6, 6.07) is 28.3. The molecule has 2 heterocycles. The lowest BCUT2D eigenvalue weighted by molar-refractivity contribution is 0.104. The Hall–Kier alpha value is -3.76. The molecule has 3 nitrogen and oxygen atoms in total. The molecule has 1 aliphatic carbocycles. The number of nitrogens with two attached hydrogens (primary N) is 1. The maximum Gasteiger partial charge on any atom is 0.205 e. The Morgan fingerprint density at radius 3 is 2.48 bits per heavy atom. The fourth-order valence-electron chi connectivity index (χ4n) is 4.33. The number of fused-ring (bicyclic) bond motifs is 4. The van der Waals surface area contributed by atoms with Crippen LogP contribution in [0.15, 0.2) is 84.9 Å². The number of ketones is 1. The van der Waals surface area contributed by atoms with Crippen LogP contribution in [0, 0.1) is 0 Å². The van der Waals surface area contributed by atoms with Crippen LogP contribution in [0.25, 0.3) is 32.6 Å². The van der Waals surface area contributed by atoms with E-state index in [4.69, 9.17) is 10.7 Å². The average molecular weight is 419 g/mol. The van der Waals surface area contributed by atoms with Gasteiger partial charge in [-0.1, -0.05) is 66.7 Å². The zero-order valence-corrected chi connectivity index (χ0v) is 17.4. The maximum atomic E-state index is 13.4. The second-order valence-electron chi connectivity index (χ2n) is 7.80. The molecule has 2 aromatic heterocycles. The van der Waals surface area contributed by atoms with Crippen molar-refractivity contribution in [3.05, 3.63) is 106 Å². The molecular formula is C27H18N2OS. The highest BCUT2D eigenvalue weighted by Crippen LogP contribution is 2.39. The summed E-state index contributed by atoms with van der Waals surface area (Å²) in [5.74, 6) is -0.0473. The first kappa shape index (κ1) is 18.0. The predicted molar refractivity (Wildman–Crippen MR) is 128 cm³/mol. The van der Waals surface area contributed by atoms with Crippen LogP contribution in [-0.4, -0.2) is 10.8 Å². The van der Waals surface area contributed by atoms with Gasteiger partial charge in [0, 0.05) is 16.5 Å². The Labute approximate surface area is 183 Å². The predicted octanol–water partition coefficient (Wildman–Crippen LogP) is 6.35. The number of hydrogen-bond acceptors (Lipinski definition) is 4. The Kier molecular flexibility index (Phi) is 4.01. The molecule has 0 fully saturated rings. The molecule has 0 amide bonds. The summed E-state index contributed by atoms with van der Waals surface area (Å²) in [4.78, 5) is 19.5. The van der Waals surface area contributed by atoms with Crippen molar-refractivity contribution in [1.82, 2.24) is 4.98 Å². The van der Waals surface area contributed by atoms with Crippen LogP contribution in [0.5, 0.6) is 0 Å². The van der Waals surface area contributed by atoms with Crippen molar-refractivity contribution >= 4 is 33.0 Å². The Balaban J connectivity index is 1.42. The van der Waals surface area contributed by atoms with Gasteiger partial charge in [0.2, 0.25) is 5.78 Å². The summed E-state index contributed by atoms with van der Waals surface area (Å²) in [5.41, 5.74) is 14.4. The normalized spacial score (nSPS) is 12.0. The molecule has 0 saturated carbocycles. The fourth-order valence-corrected chi connectivity index (χ4v) is 5.39. The number of nitrogens with zero attached hydrogens (tertiary/aromatic N) is 1. The monoisotopic (exact) mass is 418 g/mol. The minimum Gasteiger partial charge on any atom is -0.397 e. The number of thiophene rings is 1. The lowest BCUT2D eigenvalue weighted by Gasteiger charge is -2.05. The van der Waals surface area contributed by atoms with Crippen molar-refractivity contribution in [3.63, 3.8) is 0 Å². The minimum atomic E-state index is -0.0473. The zero-order valence-electron chi connectivity index (χ0n) is 16.6. The summed E-state index contributed by atoms with van der Waals surface area (Å²) in [5, 5.41) is 0.833. The number of hydrogen-bond donors (Lipinski definition) is 1. The van der Waals surface area contributed by atoms with Crippen LogP contribution in [-0.2, 0) is 6.42 Å². The van der Waals surface area contributed by atoms with E-state index in [2.05, 4.69) is 24.3 Å². The highest BCUT2D eigenvalue weighted by atomic mass is 32.1. The van der Waals surface area contributed by atoms with E-state index in [0.29, 0.717) is 16.1 Å². The standard InChI is InChI=1S/C27H18N2OS/c28-24-21-12-13-23(16-6-2-1-3-7-16)29-27(21)31-26(24)25(30)19-11-10-18-14-17-8-4-5-9-20(17)22(18)15-19/h1-13,15H,14,28H2. The third kappa shape index (κ3) is 2.87. The van der Waals surface area contributed by atoms with E-state index in [1.165, 1.54) is 28.0 Å². The molecule has 0 unspecified atom stereocenters. The first-order chi connectivity index (χ1) is 15.2. The molecule has 0 saturated heterocycles. The fraction of sp³-hybridized carbons (Fsp3) is 0.0370. The molecule has 5 aromatic rings. The summed E-state index contributed by atoms with van der Waals surface area (Å²) in [6.07, 6.45) is 0.914. The van der Waals surface area contributed by atoms with Gasteiger partial charge in [0.1, 0.15) is 9.71 Å². The highest BCUT2D eigenvalue weighted by Gasteiger charge is 2.23. The van der Waals surface area contributed by atoms with Gasteiger partial charge in [-0.25, -0.2) is 4.98 Å². The van der Waals surface area contributed by atoms with Crippen LogP contribution in [0.4, 0.5) is 5.69 Å². The maximum absolute atomic E-state index is 13.4. The number of carbonyl (C=O) groups excluding carboxylic acids is 1. The van der Waals surface area contributed by atoms with E-state index in [9.17, 15) is 4.79 Å². The number of pyridine rings is 1. The van der Waals surface area contributed by atoms with Crippen LogP contribution >= 0.6 is 11.3 Å². The zero-order chi connectivity index (χ0) is 20.9. The SMILES string of the molecule is Nc1c(C(=O)c2ccc3c(c2)-c2ccccc2C3)sc2nc(-c3ccccc3)ccc12. The van der Waals surface area contributed by atoms with E-state index in [0.717, 1.165) is 33.5 Å². The molecule has 2 N–H and O–H groups in total. The van der Waals surface area contributed by atoms with Crippen LogP contribution < -0.4 is 5.73 Å². The Morgan fingerprint density at radius 2 is 1.61 bits per heavy atom. The molecule has 0 atom stereocenters. The van der Waals surface area contributed by atoms with Gasteiger partial charge in [-0.2, -0.15) is 0 Å². The number of nitrogen functional groups attached to an aromatic ring is 1. The Morgan fingerprint density at radius 1 is 0.839 bits per heavy atom. The summed E-state index contributed by atoms with van der Waals surface area (Å²) in [7, 11) is 0. The summed E-state index contributed by atoms with van der Waals surface area (Å²) >= 11 is 1.37. The summed E-state index contributed by atoms with van der Waals surface area (Å²) < 4.78 is 0. The first-order valence-electron chi connectivity index (χ1n) is 10.2. The van der Waals surface area contributed by atoms with Crippen molar-refractivity contribution in [1.29, 1.82) is 0 Å². The summed E-state index contributed by atoms with van der Waals surface area (Å²) in [6.45, 7) is 0. The van der Waals surface area contributed by atoms with Crippen molar-refractivity contribution in [2.45, 2.75) is 6.42 Å². The topological polar surface area (TPSA) is 56.0 Å². The molecule has 6 rings (SSSR count). The van der Waals surface area contributed by atoms with Gasteiger partial charge in [0.15, 0.2) is 0 Å². The largest absolute Gasteiger partial charge is 0.397 e. The average Bonchev–Trinajstić information content (AvgIpc) is 3.36. The molecule has 0 spiro atoms. The minimum absolute atomic E-state index is 0.0473. The van der Waals surface area contributed by atoms with E-state index in [-0.39, 0.29) is 5.78 Å². The van der Waals surface area contributed by atoms with E-state index < -0.39 is 0 Å². The van der Waals surface area contributed by atoms with Crippen molar-refractivity contribution in [2.75, 3.05) is 5.73 Å². The van der Waals surface area contributed by atoms with Gasteiger partial charge in [-0.15, -0.1) is 11.3 Å². The van der Waals surface area contributed by atoms with Gasteiger partial charge in [-0.3, -0.25) is 4.79 Å². The molecule has 1 aliphatic rings. The highest BCUT2D eigenvalue weighted by molar-refractivity contribution is 7.21. The van der Waals surface area contributed by atoms with Gasteiger partial charge in [0.25, 0.3) is 0 Å². The smallest absolute Gasteiger partial charge is 0.205 e. The third-order valence-corrected chi connectivity index (χ3v) is 7.04. The van der Waals surface area contributed by atoms with Crippen LogP contribution in [0.1, 0.15) is 26.4 Å². The number of carbonyl (C=O) groups is 1. The number of anilines is 1. The number of benzene rings is 3. The van der Waals surface area contributed by atoms with Gasteiger partial charge in [0.05, 0.1) is 11.4 Å². The molecule has 148 valence electrons. The third-order valence-electron chi connectivity index (χ3n) is 5.93. The van der Waals surface area contributed by atoms with Crippen LogP contribution in [0.2, 0.25) is 0 Å². The quantitative estimate of drug-likeness (QED) is 0.341. The molecule has 0 bridgehead atoms. The van der Waals surface area contributed by atoms with E-state index in [1.54, 1.807) is 0 Å². The molecule has 0 radical (unpaired) electrons. The number of rotatable bonds is 3. The second kappa shape index (κ2) is 6.89. The molecule has 3 aromatic carbocycles. The van der Waals surface area contributed by atoms with E-state index in [1.807, 2.05) is 60.7 Å². The van der Waals surface area contributed by atoms with Gasteiger partial charge < -0.3 is 5.73 Å². The van der Waals surface area contributed by atoms with Crippen molar-refractivity contribution < 1.29 is 4.79 Å². The van der Waals surface area contributed by atoms with Crippen LogP contribution in [0.3, 0.4) is 0 Å². The number of aromatic nitrogens is 1. The van der Waals surface area contributed by atoms with Gasteiger partial charge in [-0.05, 0) is 46.9 Å². The van der Waals surface area contributed by atoms with Gasteiger partial charge >= 0.3 is 0 Å². The molecular weight excluding hydrogens is 400 g/mol. The van der Waals surface area contributed by atoms with Crippen molar-refractivity contribution in [3.8, 4) is 22.4 Å². The molecule has 0 aliphatic heterocycles. The molecule has 31 heavy (non-hydrogen) atoms. The van der Waals surface area contributed by atoms with Crippen molar-refractivity contribution in [2.24, 2.45) is 0 Å². The van der Waals surface area contributed by atoms with E-state index >= 15 is 0 Å². The Bertz CT molecular complexity index is 1480. The molecule has 4 heteroatoms.